The Labute approximate surface area is 91.2 Å². The zero-order valence-corrected chi connectivity index (χ0v) is 9.00. The van der Waals surface area contributed by atoms with Gasteiger partial charge in [0.05, 0.1) is 5.60 Å². The summed E-state index contributed by atoms with van der Waals surface area (Å²) in [6.07, 6.45) is 3.07. The van der Waals surface area contributed by atoms with E-state index in [0.717, 1.165) is 19.3 Å². The van der Waals surface area contributed by atoms with Gasteiger partial charge in [-0.1, -0.05) is 0 Å². The first-order valence-electron chi connectivity index (χ1n) is 5.13. The minimum absolute atomic E-state index is 0.114. The van der Waals surface area contributed by atoms with E-state index in [1.54, 1.807) is 7.11 Å². The van der Waals surface area contributed by atoms with Gasteiger partial charge in [0.1, 0.15) is 0 Å². The van der Waals surface area contributed by atoms with Gasteiger partial charge in [0.15, 0.2) is 0 Å². The van der Waals surface area contributed by atoms with Crippen LogP contribution in [0.15, 0.2) is 9.59 Å². The Hall–Kier alpha value is -1.63. The van der Waals surface area contributed by atoms with Gasteiger partial charge in [-0.2, -0.15) is 0 Å². The SMILES string of the molecule is COC1(CNc2n[nH]c(=O)[nH]c2=O)CCC1. The van der Waals surface area contributed by atoms with Gasteiger partial charge in [0, 0.05) is 13.7 Å². The van der Waals surface area contributed by atoms with Crippen molar-refractivity contribution in [2.24, 2.45) is 0 Å². The Bertz CT molecular complexity index is 469. The lowest BCUT2D eigenvalue weighted by molar-refractivity contribution is -0.0602. The Kier molecular flexibility index (Phi) is 2.78. The van der Waals surface area contributed by atoms with Crippen LogP contribution >= 0.6 is 0 Å². The number of nitrogens with one attached hydrogen (secondary N) is 3. The molecule has 16 heavy (non-hydrogen) atoms. The normalized spacial score (nSPS) is 17.8. The Morgan fingerprint density at radius 1 is 1.50 bits per heavy atom. The molecular formula is C9H14N4O3. The monoisotopic (exact) mass is 226 g/mol. The summed E-state index contributed by atoms with van der Waals surface area (Å²) < 4.78 is 5.38. The molecule has 7 nitrogen and oxygen atoms in total. The van der Waals surface area contributed by atoms with E-state index in [-0.39, 0.29) is 11.4 Å². The van der Waals surface area contributed by atoms with Gasteiger partial charge in [-0.15, -0.1) is 5.10 Å². The number of hydrogen-bond acceptors (Lipinski definition) is 5. The smallest absolute Gasteiger partial charge is 0.342 e. The Morgan fingerprint density at radius 3 is 2.75 bits per heavy atom. The fourth-order valence-corrected chi connectivity index (χ4v) is 1.74. The van der Waals surface area contributed by atoms with Crippen LogP contribution in [0.2, 0.25) is 0 Å². The fraction of sp³-hybridized carbons (Fsp3) is 0.667. The summed E-state index contributed by atoms with van der Waals surface area (Å²) in [5.41, 5.74) is -1.32. The average molecular weight is 226 g/mol. The molecule has 2 rings (SSSR count). The first-order valence-corrected chi connectivity index (χ1v) is 5.13. The molecule has 1 fully saturated rings. The molecule has 0 amide bonds. The van der Waals surface area contributed by atoms with Crippen LogP contribution in [-0.4, -0.2) is 34.4 Å². The average Bonchev–Trinajstić information content (AvgIpc) is 2.19. The van der Waals surface area contributed by atoms with Gasteiger partial charge >= 0.3 is 5.69 Å². The van der Waals surface area contributed by atoms with E-state index in [1.807, 2.05) is 0 Å². The molecule has 0 unspecified atom stereocenters. The van der Waals surface area contributed by atoms with Gasteiger partial charge in [0.25, 0.3) is 5.56 Å². The third-order valence-corrected chi connectivity index (χ3v) is 2.99. The number of aromatic amines is 2. The van der Waals surface area contributed by atoms with Crippen LogP contribution in [0.5, 0.6) is 0 Å². The maximum absolute atomic E-state index is 11.3. The predicted molar refractivity (Wildman–Crippen MR) is 57.6 cm³/mol. The Morgan fingerprint density at radius 2 is 2.25 bits per heavy atom. The molecule has 0 atom stereocenters. The van der Waals surface area contributed by atoms with Crippen LogP contribution < -0.4 is 16.6 Å². The molecule has 0 spiro atoms. The predicted octanol–water partition coefficient (Wildman–Crippen LogP) is -0.561. The molecular weight excluding hydrogens is 212 g/mol. The minimum Gasteiger partial charge on any atom is -0.376 e. The molecule has 1 heterocycles. The van der Waals surface area contributed by atoms with Crippen molar-refractivity contribution in [2.75, 3.05) is 19.0 Å². The summed E-state index contributed by atoms with van der Waals surface area (Å²) in [6.45, 7) is 0.519. The third kappa shape index (κ3) is 1.99. The van der Waals surface area contributed by atoms with E-state index in [9.17, 15) is 9.59 Å². The van der Waals surface area contributed by atoms with E-state index in [0.29, 0.717) is 6.54 Å². The molecule has 0 bridgehead atoms. The highest BCUT2D eigenvalue weighted by atomic mass is 16.5. The van der Waals surface area contributed by atoms with Crippen molar-refractivity contribution in [2.45, 2.75) is 24.9 Å². The van der Waals surface area contributed by atoms with Crippen molar-refractivity contribution in [3.8, 4) is 0 Å². The highest BCUT2D eigenvalue weighted by Crippen LogP contribution is 2.34. The quantitative estimate of drug-likeness (QED) is 0.639. The minimum atomic E-state index is -0.611. The van der Waals surface area contributed by atoms with Gasteiger partial charge < -0.3 is 10.1 Å². The number of aromatic nitrogens is 3. The van der Waals surface area contributed by atoms with Crippen LogP contribution in [0.3, 0.4) is 0 Å². The standard InChI is InChI=1S/C9H14N4O3/c1-16-9(3-2-4-9)5-10-6-7(14)11-8(15)13-12-6/h2-5H2,1H3,(H,10,12)(H2,11,13,14,15). The van der Waals surface area contributed by atoms with E-state index in [4.69, 9.17) is 4.74 Å². The van der Waals surface area contributed by atoms with Crippen LogP contribution in [0.4, 0.5) is 5.82 Å². The molecule has 1 saturated carbocycles. The number of anilines is 1. The number of rotatable bonds is 4. The largest absolute Gasteiger partial charge is 0.376 e. The molecule has 1 aliphatic rings. The van der Waals surface area contributed by atoms with Crippen molar-refractivity contribution in [3.63, 3.8) is 0 Å². The van der Waals surface area contributed by atoms with Gasteiger partial charge in [-0.3, -0.25) is 9.78 Å². The number of H-pyrrole nitrogens is 2. The Balaban J connectivity index is 2.04. The number of methoxy groups -OCH3 is 1. The second-order valence-electron chi connectivity index (χ2n) is 3.95. The highest BCUT2D eigenvalue weighted by Gasteiger charge is 2.36. The summed E-state index contributed by atoms with van der Waals surface area (Å²) in [7, 11) is 1.66. The molecule has 0 aromatic carbocycles. The summed E-state index contributed by atoms with van der Waals surface area (Å²) in [5.74, 6) is 0.114. The van der Waals surface area contributed by atoms with Crippen molar-refractivity contribution < 1.29 is 4.74 Å². The summed E-state index contributed by atoms with van der Waals surface area (Å²) in [4.78, 5) is 24.1. The lowest BCUT2D eigenvalue weighted by Crippen LogP contribution is -2.46. The number of hydrogen-bond donors (Lipinski definition) is 3. The van der Waals surface area contributed by atoms with Gasteiger partial charge in [0.2, 0.25) is 5.82 Å². The van der Waals surface area contributed by atoms with E-state index >= 15 is 0 Å². The van der Waals surface area contributed by atoms with Gasteiger partial charge in [-0.25, -0.2) is 9.89 Å². The first-order chi connectivity index (χ1) is 7.65. The zero-order valence-electron chi connectivity index (χ0n) is 9.00. The first kappa shape index (κ1) is 10.9. The van der Waals surface area contributed by atoms with Crippen LogP contribution in [0, 0.1) is 0 Å². The molecule has 88 valence electrons. The van der Waals surface area contributed by atoms with E-state index < -0.39 is 11.2 Å². The molecule has 3 N–H and O–H groups in total. The fourth-order valence-electron chi connectivity index (χ4n) is 1.74. The summed E-state index contributed by atoms with van der Waals surface area (Å²) in [6, 6.07) is 0. The molecule has 1 aromatic heterocycles. The highest BCUT2D eigenvalue weighted by molar-refractivity contribution is 5.29. The molecule has 1 aliphatic carbocycles. The molecule has 0 aliphatic heterocycles. The summed E-state index contributed by atoms with van der Waals surface area (Å²) >= 11 is 0. The summed E-state index contributed by atoms with van der Waals surface area (Å²) in [5, 5.41) is 8.68. The topological polar surface area (TPSA) is 99.9 Å². The number of nitrogens with zero attached hydrogens (tertiary/aromatic N) is 1. The van der Waals surface area contributed by atoms with E-state index in [2.05, 4.69) is 20.5 Å². The third-order valence-electron chi connectivity index (χ3n) is 2.99. The second kappa shape index (κ2) is 4.09. The van der Waals surface area contributed by atoms with Gasteiger partial charge in [-0.05, 0) is 19.3 Å². The van der Waals surface area contributed by atoms with Crippen molar-refractivity contribution in [1.29, 1.82) is 0 Å². The second-order valence-corrected chi connectivity index (χ2v) is 3.95. The maximum atomic E-state index is 11.3. The molecule has 1 aromatic rings. The lowest BCUT2D eigenvalue weighted by Gasteiger charge is -2.40. The molecule has 7 heteroatoms. The van der Waals surface area contributed by atoms with E-state index in [1.165, 1.54) is 0 Å². The van der Waals surface area contributed by atoms with Crippen LogP contribution in [0.25, 0.3) is 0 Å². The van der Waals surface area contributed by atoms with Crippen LogP contribution in [-0.2, 0) is 4.74 Å². The van der Waals surface area contributed by atoms with Crippen molar-refractivity contribution >= 4 is 5.82 Å². The van der Waals surface area contributed by atoms with Crippen molar-refractivity contribution in [1.82, 2.24) is 15.2 Å². The molecule has 0 saturated heterocycles. The zero-order chi connectivity index (χ0) is 11.6. The van der Waals surface area contributed by atoms with Crippen molar-refractivity contribution in [3.05, 3.63) is 20.8 Å². The maximum Gasteiger partial charge on any atom is 0.342 e. The number of ether oxygens (including phenoxy) is 1. The van der Waals surface area contributed by atoms with Crippen LogP contribution in [0.1, 0.15) is 19.3 Å². The molecule has 0 radical (unpaired) electrons. The lowest BCUT2D eigenvalue weighted by atomic mass is 9.80.